The molecule has 0 bridgehead atoms. The van der Waals surface area contributed by atoms with Gasteiger partial charge in [0, 0.05) is 11.1 Å². The quantitative estimate of drug-likeness (QED) is 0.356. The number of pyridine rings is 1. The molecule has 144 valence electrons. The highest BCUT2D eigenvalue weighted by molar-refractivity contribution is 6.05. The molecular formula is C24H25NO3. The molecule has 0 N–H and O–H groups in total. The number of fused-ring (bicyclic) bond motifs is 2. The summed E-state index contributed by atoms with van der Waals surface area (Å²) in [7, 11) is 0. The molecule has 0 radical (unpaired) electrons. The molecule has 4 nitrogen and oxygen atoms in total. The maximum absolute atomic E-state index is 13.0. The van der Waals surface area contributed by atoms with Crippen molar-refractivity contribution in [2.75, 3.05) is 13.2 Å². The highest BCUT2D eigenvalue weighted by Gasteiger charge is 2.22. The third kappa shape index (κ3) is 4.01. The van der Waals surface area contributed by atoms with E-state index in [2.05, 4.69) is 0 Å². The van der Waals surface area contributed by atoms with E-state index in [9.17, 15) is 4.79 Å². The Kier molecular flexibility index (Phi) is 5.56. The Morgan fingerprint density at radius 3 is 2.61 bits per heavy atom. The molecule has 4 rings (SSSR count). The van der Waals surface area contributed by atoms with Gasteiger partial charge in [-0.05, 0) is 56.4 Å². The predicted molar refractivity (Wildman–Crippen MR) is 110 cm³/mol. The molecule has 4 heteroatoms. The fraction of sp³-hybridized carbons (Fsp3) is 0.333. The van der Waals surface area contributed by atoms with Gasteiger partial charge in [0.1, 0.15) is 19.0 Å². The average molecular weight is 375 g/mol. The Morgan fingerprint density at radius 2 is 1.75 bits per heavy atom. The second kappa shape index (κ2) is 8.42. The van der Waals surface area contributed by atoms with Crippen LogP contribution in [0.5, 0.6) is 5.75 Å². The van der Waals surface area contributed by atoms with Gasteiger partial charge in [-0.2, -0.15) is 0 Å². The molecule has 0 saturated carbocycles. The molecule has 0 unspecified atom stereocenters. The molecule has 0 atom stereocenters. The van der Waals surface area contributed by atoms with Gasteiger partial charge < -0.3 is 9.47 Å². The molecule has 3 aromatic rings. The molecule has 28 heavy (non-hydrogen) atoms. The summed E-state index contributed by atoms with van der Waals surface area (Å²) in [5.41, 5.74) is 4.87. The number of benzene rings is 2. The zero-order valence-electron chi connectivity index (χ0n) is 16.2. The van der Waals surface area contributed by atoms with E-state index in [0.717, 1.165) is 53.6 Å². The van der Waals surface area contributed by atoms with Crippen LogP contribution in [0.25, 0.3) is 10.9 Å². The van der Waals surface area contributed by atoms with Crippen LogP contribution in [0.3, 0.4) is 0 Å². The van der Waals surface area contributed by atoms with E-state index in [4.69, 9.17) is 14.5 Å². The first-order valence-corrected chi connectivity index (χ1v) is 9.99. The van der Waals surface area contributed by atoms with E-state index in [1.807, 2.05) is 55.5 Å². The number of rotatable bonds is 5. The maximum Gasteiger partial charge on any atom is 0.339 e. The summed E-state index contributed by atoms with van der Waals surface area (Å²) in [6, 6.07) is 15.7. The maximum atomic E-state index is 13.0. The number of aryl methyl sites for hydroxylation is 2. The van der Waals surface area contributed by atoms with E-state index in [1.165, 1.54) is 12.0 Å². The summed E-state index contributed by atoms with van der Waals surface area (Å²) in [6.45, 7) is 2.59. The molecule has 0 aliphatic heterocycles. The third-order valence-corrected chi connectivity index (χ3v) is 5.23. The van der Waals surface area contributed by atoms with E-state index in [0.29, 0.717) is 12.2 Å². The molecule has 1 heterocycles. The van der Waals surface area contributed by atoms with Gasteiger partial charge >= 0.3 is 5.97 Å². The number of nitrogens with zero attached hydrogens (tertiary/aromatic N) is 1. The number of aromatic nitrogens is 1. The summed E-state index contributed by atoms with van der Waals surface area (Å²) in [4.78, 5) is 17.8. The summed E-state index contributed by atoms with van der Waals surface area (Å²) in [5, 5.41) is 0.882. The average Bonchev–Trinajstić information content (AvgIpc) is 2.95. The lowest BCUT2D eigenvalue weighted by molar-refractivity contribution is 0.0451. The molecule has 2 aromatic carbocycles. The van der Waals surface area contributed by atoms with Gasteiger partial charge in [-0.1, -0.05) is 42.3 Å². The van der Waals surface area contributed by atoms with Crippen LogP contribution in [0, 0.1) is 6.92 Å². The molecule has 1 aliphatic carbocycles. The van der Waals surface area contributed by atoms with Gasteiger partial charge in [0.25, 0.3) is 0 Å². The monoisotopic (exact) mass is 375 g/mol. The van der Waals surface area contributed by atoms with Crippen LogP contribution >= 0.6 is 0 Å². The molecule has 1 aliphatic rings. The second-order valence-corrected chi connectivity index (χ2v) is 7.29. The first-order chi connectivity index (χ1) is 13.7. The smallest absolute Gasteiger partial charge is 0.339 e. The number of carbonyl (C=O) groups is 1. The lowest BCUT2D eigenvalue weighted by Gasteiger charge is -2.15. The lowest BCUT2D eigenvalue weighted by atomic mass is 9.97. The predicted octanol–water partition coefficient (Wildman–Crippen LogP) is 5.05. The first kappa shape index (κ1) is 18.5. The Labute approximate surface area is 165 Å². The minimum atomic E-state index is -0.274. The third-order valence-electron chi connectivity index (χ3n) is 5.23. The summed E-state index contributed by atoms with van der Waals surface area (Å²) in [5.74, 6) is 0.508. The number of carbonyl (C=O) groups excluding carboxylic acids is 1. The van der Waals surface area contributed by atoms with E-state index in [1.54, 1.807) is 0 Å². The van der Waals surface area contributed by atoms with Crippen molar-refractivity contribution in [2.24, 2.45) is 0 Å². The van der Waals surface area contributed by atoms with E-state index >= 15 is 0 Å². The standard InChI is InChI=1S/C24H25NO3/c1-17-11-13-18(14-12-17)27-15-16-28-24(26)23-19-7-3-2-4-9-21(19)25-22-10-6-5-8-20(22)23/h5-6,8,10-14H,2-4,7,9,15-16H2,1H3. The Morgan fingerprint density at radius 1 is 0.964 bits per heavy atom. The summed E-state index contributed by atoms with van der Waals surface area (Å²) in [6.07, 6.45) is 5.20. The van der Waals surface area contributed by atoms with Crippen LogP contribution < -0.4 is 4.74 Å². The second-order valence-electron chi connectivity index (χ2n) is 7.29. The minimum absolute atomic E-state index is 0.220. The minimum Gasteiger partial charge on any atom is -0.490 e. The SMILES string of the molecule is Cc1ccc(OCCOC(=O)c2c3c(nc4ccccc24)CCCCC3)cc1. The van der Waals surface area contributed by atoms with Gasteiger partial charge in [-0.3, -0.25) is 4.98 Å². The molecule has 1 aromatic heterocycles. The number of para-hydroxylation sites is 1. The first-order valence-electron chi connectivity index (χ1n) is 9.99. The van der Waals surface area contributed by atoms with Crippen LogP contribution in [0.1, 0.15) is 46.4 Å². The van der Waals surface area contributed by atoms with Crippen molar-refractivity contribution in [3.05, 3.63) is 70.9 Å². The zero-order chi connectivity index (χ0) is 19.3. The fourth-order valence-electron chi connectivity index (χ4n) is 3.78. The summed E-state index contributed by atoms with van der Waals surface area (Å²) >= 11 is 0. The van der Waals surface area contributed by atoms with Crippen molar-refractivity contribution >= 4 is 16.9 Å². The number of esters is 1. The number of hydrogen-bond acceptors (Lipinski definition) is 4. The number of ether oxygens (including phenoxy) is 2. The van der Waals surface area contributed by atoms with Gasteiger partial charge in [-0.15, -0.1) is 0 Å². The lowest BCUT2D eigenvalue weighted by Crippen LogP contribution is -2.16. The molecular weight excluding hydrogens is 350 g/mol. The molecule has 0 saturated heterocycles. The van der Waals surface area contributed by atoms with Crippen molar-refractivity contribution in [2.45, 2.75) is 39.0 Å². The Hall–Kier alpha value is -2.88. The highest BCUT2D eigenvalue weighted by atomic mass is 16.6. The molecule has 0 fully saturated rings. The molecule has 0 amide bonds. The van der Waals surface area contributed by atoms with E-state index in [-0.39, 0.29) is 12.6 Å². The summed E-state index contributed by atoms with van der Waals surface area (Å²) < 4.78 is 11.3. The largest absolute Gasteiger partial charge is 0.490 e. The Bertz CT molecular complexity index is 979. The van der Waals surface area contributed by atoms with Crippen molar-refractivity contribution in [3.8, 4) is 5.75 Å². The van der Waals surface area contributed by atoms with Gasteiger partial charge in [-0.25, -0.2) is 4.79 Å². The fourth-order valence-corrected chi connectivity index (χ4v) is 3.78. The van der Waals surface area contributed by atoms with Gasteiger partial charge in [0.15, 0.2) is 0 Å². The zero-order valence-corrected chi connectivity index (χ0v) is 16.2. The van der Waals surface area contributed by atoms with E-state index < -0.39 is 0 Å². The normalized spacial score (nSPS) is 13.6. The van der Waals surface area contributed by atoms with Crippen LogP contribution in [0.2, 0.25) is 0 Å². The highest BCUT2D eigenvalue weighted by Crippen LogP contribution is 2.29. The van der Waals surface area contributed by atoms with Crippen molar-refractivity contribution in [1.29, 1.82) is 0 Å². The van der Waals surface area contributed by atoms with Crippen molar-refractivity contribution in [1.82, 2.24) is 4.98 Å². The van der Waals surface area contributed by atoms with Crippen LogP contribution in [-0.4, -0.2) is 24.2 Å². The van der Waals surface area contributed by atoms with Crippen LogP contribution in [0.4, 0.5) is 0 Å². The van der Waals surface area contributed by atoms with Crippen LogP contribution in [0.15, 0.2) is 48.5 Å². The topological polar surface area (TPSA) is 48.4 Å². The van der Waals surface area contributed by atoms with Crippen molar-refractivity contribution in [3.63, 3.8) is 0 Å². The van der Waals surface area contributed by atoms with Crippen molar-refractivity contribution < 1.29 is 14.3 Å². The molecule has 0 spiro atoms. The Balaban J connectivity index is 1.51. The number of hydrogen-bond donors (Lipinski definition) is 0. The van der Waals surface area contributed by atoms with Crippen LogP contribution in [-0.2, 0) is 17.6 Å². The van der Waals surface area contributed by atoms with Gasteiger partial charge in [0.2, 0.25) is 0 Å². The van der Waals surface area contributed by atoms with Gasteiger partial charge in [0.05, 0.1) is 11.1 Å².